The molecule has 1 aromatic rings. The number of benzene rings is 1. The maximum absolute atomic E-state index is 12.0. The molecule has 1 aliphatic heterocycles. The first kappa shape index (κ1) is 16.6. The van der Waals surface area contributed by atoms with Crippen molar-refractivity contribution in [3.63, 3.8) is 0 Å². The summed E-state index contributed by atoms with van der Waals surface area (Å²) >= 11 is 5.77. The minimum Gasteiger partial charge on any atom is -0.484 e. The second-order valence-electron chi connectivity index (χ2n) is 5.31. The first-order chi connectivity index (χ1) is 10.6. The molecule has 120 valence electrons. The molecule has 0 bridgehead atoms. The summed E-state index contributed by atoms with van der Waals surface area (Å²) < 4.78 is 5.32. The third-order valence-electron chi connectivity index (χ3n) is 3.58. The molecule has 1 fully saturated rings. The number of amides is 2. The van der Waals surface area contributed by atoms with Crippen LogP contribution >= 0.6 is 11.6 Å². The molecule has 0 saturated carbocycles. The summed E-state index contributed by atoms with van der Waals surface area (Å²) in [6.45, 7) is 1.49. The second-order valence-corrected chi connectivity index (χ2v) is 5.75. The summed E-state index contributed by atoms with van der Waals surface area (Å²) in [5.41, 5.74) is 0. The zero-order valence-corrected chi connectivity index (χ0v) is 13.3. The summed E-state index contributed by atoms with van der Waals surface area (Å²) in [6, 6.07) is 6.77. The SMILES string of the molecule is O=C(COc1ccc(Cl)cc1)NCC(=O)N1CCCCCC1. The number of carbonyl (C=O) groups excluding carboxylic acids is 2. The Kier molecular flexibility index (Phi) is 6.52. The standard InChI is InChI=1S/C16H21ClN2O3/c17-13-5-7-14(8-6-13)22-12-15(20)18-11-16(21)19-9-3-1-2-4-10-19/h5-8H,1-4,9-12H2,(H,18,20). The van der Waals surface area contributed by atoms with Gasteiger partial charge in [-0.3, -0.25) is 9.59 Å². The molecule has 0 aliphatic carbocycles. The number of hydrogen-bond donors (Lipinski definition) is 1. The van der Waals surface area contributed by atoms with Crippen molar-refractivity contribution in [2.45, 2.75) is 25.7 Å². The van der Waals surface area contributed by atoms with Crippen molar-refractivity contribution in [1.82, 2.24) is 10.2 Å². The third-order valence-corrected chi connectivity index (χ3v) is 3.83. The minimum absolute atomic E-state index is 0.0262. The van der Waals surface area contributed by atoms with Crippen LogP contribution in [-0.4, -0.2) is 43.0 Å². The molecule has 1 N–H and O–H groups in total. The molecule has 5 nitrogen and oxygen atoms in total. The van der Waals surface area contributed by atoms with Crippen LogP contribution in [0.5, 0.6) is 5.75 Å². The average Bonchev–Trinajstić information content (AvgIpc) is 2.81. The van der Waals surface area contributed by atoms with Crippen LogP contribution in [0.3, 0.4) is 0 Å². The van der Waals surface area contributed by atoms with Gasteiger partial charge in [-0.15, -0.1) is 0 Å². The van der Waals surface area contributed by atoms with Gasteiger partial charge < -0.3 is 15.0 Å². The average molecular weight is 325 g/mol. The van der Waals surface area contributed by atoms with E-state index >= 15 is 0 Å². The lowest BCUT2D eigenvalue weighted by atomic mass is 10.2. The number of likely N-dealkylation sites (tertiary alicyclic amines) is 1. The quantitative estimate of drug-likeness (QED) is 0.903. The van der Waals surface area contributed by atoms with E-state index in [2.05, 4.69) is 5.32 Å². The van der Waals surface area contributed by atoms with Gasteiger partial charge >= 0.3 is 0 Å². The van der Waals surface area contributed by atoms with E-state index in [0.717, 1.165) is 25.9 Å². The van der Waals surface area contributed by atoms with Gasteiger partial charge in [-0.05, 0) is 37.1 Å². The topological polar surface area (TPSA) is 58.6 Å². The number of nitrogens with one attached hydrogen (secondary N) is 1. The summed E-state index contributed by atoms with van der Waals surface area (Å²) in [5, 5.41) is 3.21. The number of halogens is 1. The van der Waals surface area contributed by atoms with Crippen LogP contribution in [0.1, 0.15) is 25.7 Å². The molecule has 1 aliphatic rings. The summed E-state index contributed by atoms with van der Waals surface area (Å²) in [5.74, 6) is 0.234. The molecule has 1 saturated heterocycles. The molecular weight excluding hydrogens is 304 g/mol. The molecule has 22 heavy (non-hydrogen) atoms. The van der Waals surface area contributed by atoms with Gasteiger partial charge in [-0.1, -0.05) is 24.4 Å². The molecular formula is C16H21ClN2O3. The largest absolute Gasteiger partial charge is 0.484 e. The van der Waals surface area contributed by atoms with E-state index in [4.69, 9.17) is 16.3 Å². The molecule has 0 radical (unpaired) electrons. The molecule has 0 unspecified atom stereocenters. The van der Waals surface area contributed by atoms with Crippen LogP contribution < -0.4 is 10.1 Å². The Balaban J connectivity index is 1.68. The minimum atomic E-state index is -0.307. The smallest absolute Gasteiger partial charge is 0.258 e. The molecule has 0 spiro atoms. The Hall–Kier alpha value is -1.75. The van der Waals surface area contributed by atoms with Crippen molar-refractivity contribution in [2.75, 3.05) is 26.2 Å². The zero-order valence-electron chi connectivity index (χ0n) is 12.5. The lowest BCUT2D eigenvalue weighted by Gasteiger charge is -2.20. The molecule has 1 heterocycles. The van der Waals surface area contributed by atoms with Crippen molar-refractivity contribution in [3.05, 3.63) is 29.3 Å². The van der Waals surface area contributed by atoms with Crippen molar-refractivity contribution < 1.29 is 14.3 Å². The van der Waals surface area contributed by atoms with Crippen molar-refractivity contribution in [2.24, 2.45) is 0 Å². The Morgan fingerprint density at radius 2 is 1.73 bits per heavy atom. The van der Waals surface area contributed by atoms with Gasteiger partial charge in [0.2, 0.25) is 5.91 Å². The van der Waals surface area contributed by atoms with E-state index in [1.807, 2.05) is 4.90 Å². The van der Waals surface area contributed by atoms with Crippen molar-refractivity contribution >= 4 is 23.4 Å². The molecule has 0 atom stereocenters. The fourth-order valence-corrected chi connectivity index (χ4v) is 2.46. The van der Waals surface area contributed by atoms with Gasteiger partial charge in [0, 0.05) is 18.1 Å². The van der Waals surface area contributed by atoms with Crippen LogP contribution in [0.4, 0.5) is 0 Å². The van der Waals surface area contributed by atoms with E-state index in [1.165, 1.54) is 12.8 Å². The Morgan fingerprint density at radius 3 is 2.36 bits per heavy atom. The van der Waals surface area contributed by atoms with E-state index in [1.54, 1.807) is 24.3 Å². The monoisotopic (exact) mass is 324 g/mol. The number of nitrogens with zero attached hydrogens (tertiary/aromatic N) is 1. The van der Waals surface area contributed by atoms with E-state index in [9.17, 15) is 9.59 Å². The number of rotatable bonds is 5. The number of carbonyl (C=O) groups is 2. The second kappa shape index (κ2) is 8.63. The molecule has 2 amide bonds. The lowest BCUT2D eigenvalue weighted by Crippen LogP contribution is -2.41. The normalized spacial score (nSPS) is 15.0. The van der Waals surface area contributed by atoms with Gasteiger partial charge in [-0.2, -0.15) is 0 Å². The van der Waals surface area contributed by atoms with Crippen LogP contribution in [-0.2, 0) is 9.59 Å². The van der Waals surface area contributed by atoms with E-state index in [0.29, 0.717) is 10.8 Å². The summed E-state index contributed by atoms with van der Waals surface area (Å²) in [7, 11) is 0. The van der Waals surface area contributed by atoms with Crippen LogP contribution in [0, 0.1) is 0 Å². The molecule has 2 rings (SSSR count). The van der Waals surface area contributed by atoms with E-state index in [-0.39, 0.29) is 25.0 Å². The van der Waals surface area contributed by atoms with Gasteiger partial charge in [0.1, 0.15) is 5.75 Å². The van der Waals surface area contributed by atoms with Gasteiger partial charge in [0.25, 0.3) is 5.91 Å². The fraction of sp³-hybridized carbons (Fsp3) is 0.500. The maximum atomic E-state index is 12.0. The van der Waals surface area contributed by atoms with Crippen molar-refractivity contribution in [3.8, 4) is 5.75 Å². The van der Waals surface area contributed by atoms with Gasteiger partial charge in [-0.25, -0.2) is 0 Å². The number of hydrogen-bond acceptors (Lipinski definition) is 3. The van der Waals surface area contributed by atoms with Crippen molar-refractivity contribution in [1.29, 1.82) is 0 Å². The number of ether oxygens (including phenoxy) is 1. The predicted molar refractivity (Wildman–Crippen MR) is 85.0 cm³/mol. The van der Waals surface area contributed by atoms with Crippen LogP contribution in [0.25, 0.3) is 0 Å². The summed E-state index contributed by atoms with van der Waals surface area (Å²) in [6.07, 6.45) is 4.43. The first-order valence-corrected chi connectivity index (χ1v) is 7.96. The van der Waals surface area contributed by atoms with Gasteiger partial charge in [0.15, 0.2) is 6.61 Å². The molecule has 6 heteroatoms. The van der Waals surface area contributed by atoms with Gasteiger partial charge in [0.05, 0.1) is 6.54 Å². The maximum Gasteiger partial charge on any atom is 0.258 e. The highest BCUT2D eigenvalue weighted by molar-refractivity contribution is 6.30. The van der Waals surface area contributed by atoms with E-state index < -0.39 is 0 Å². The third kappa shape index (κ3) is 5.56. The fourth-order valence-electron chi connectivity index (χ4n) is 2.34. The Labute approximate surface area is 135 Å². The Morgan fingerprint density at radius 1 is 1.09 bits per heavy atom. The molecule has 0 aromatic heterocycles. The molecule has 1 aromatic carbocycles. The van der Waals surface area contributed by atoms with Crippen LogP contribution in [0.2, 0.25) is 5.02 Å². The summed E-state index contributed by atoms with van der Waals surface area (Å²) in [4.78, 5) is 25.6. The highest BCUT2D eigenvalue weighted by atomic mass is 35.5. The zero-order chi connectivity index (χ0) is 15.8. The Bertz CT molecular complexity index is 497. The highest BCUT2D eigenvalue weighted by Crippen LogP contribution is 2.15. The highest BCUT2D eigenvalue weighted by Gasteiger charge is 2.16. The van der Waals surface area contributed by atoms with Crippen LogP contribution in [0.15, 0.2) is 24.3 Å². The predicted octanol–water partition coefficient (Wildman–Crippen LogP) is 2.24. The lowest BCUT2D eigenvalue weighted by molar-refractivity contribution is -0.133. The first-order valence-electron chi connectivity index (χ1n) is 7.58.